The number of carbonyl (C=O) groups is 3. The van der Waals surface area contributed by atoms with E-state index in [1.54, 1.807) is 64.2 Å². The topological polar surface area (TPSA) is 122 Å². The Morgan fingerprint density at radius 3 is 2.45 bits per heavy atom. The van der Waals surface area contributed by atoms with Crippen molar-refractivity contribution in [3.8, 4) is 17.0 Å². The number of fused-ring (bicyclic) bond motifs is 2. The summed E-state index contributed by atoms with van der Waals surface area (Å²) in [6.07, 6.45) is -0.705. The number of rotatable bonds is 9. The summed E-state index contributed by atoms with van der Waals surface area (Å²) in [6, 6.07) is 35.0. The van der Waals surface area contributed by atoms with Crippen LogP contribution >= 0.6 is 0 Å². The molecule has 0 spiro atoms. The third-order valence-electron chi connectivity index (χ3n) is 10.3. The van der Waals surface area contributed by atoms with Crippen molar-refractivity contribution >= 4 is 28.6 Å². The summed E-state index contributed by atoms with van der Waals surface area (Å²) < 4.78 is 19.8. The number of aryl methyl sites for hydroxylation is 1. The van der Waals surface area contributed by atoms with E-state index < -0.39 is 18.2 Å². The van der Waals surface area contributed by atoms with Crippen LogP contribution in [0.1, 0.15) is 28.0 Å². The lowest BCUT2D eigenvalue weighted by Gasteiger charge is -2.55. The summed E-state index contributed by atoms with van der Waals surface area (Å²) >= 11 is 0. The molecule has 5 aromatic carbocycles. The molecular formula is C43H39FN6O5. The van der Waals surface area contributed by atoms with Gasteiger partial charge in [0, 0.05) is 31.1 Å². The Morgan fingerprint density at radius 2 is 1.65 bits per heavy atom. The van der Waals surface area contributed by atoms with Crippen LogP contribution in [0.5, 0.6) is 5.75 Å². The molecule has 3 heterocycles. The van der Waals surface area contributed by atoms with Gasteiger partial charge in [0.15, 0.2) is 5.76 Å². The molecule has 2 fully saturated rings. The van der Waals surface area contributed by atoms with Gasteiger partial charge >= 0.3 is 6.03 Å². The number of nitrogens with one attached hydrogen (secondary N) is 1. The van der Waals surface area contributed by atoms with Crippen molar-refractivity contribution in [1.82, 2.24) is 30.3 Å². The maximum absolute atomic E-state index is 14.6. The monoisotopic (exact) mass is 738 g/mol. The number of aromatic nitrogens is 1. The Kier molecular flexibility index (Phi) is 9.73. The highest BCUT2D eigenvalue weighted by molar-refractivity contribution is 5.92. The van der Waals surface area contributed by atoms with Crippen LogP contribution in [0.4, 0.5) is 9.18 Å². The second-order valence-corrected chi connectivity index (χ2v) is 14.0. The van der Waals surface area contributed by atoms with Crippen molar-refractivity contribution in [2.45, 2.75) is 45.2 Å². The van der Waals surface area contributed by atoms with Gasteiger partial charge in [0.05, 0.1) is 19.6 Å². The van der Waals surface area contributed by atoms with Gasteiger partial charge in [-0.1, -0.05) is 90.1 Å². The van der Waals surface area contributed by atoms with E-state index in [-0.39, 0.29) is 62.5 Å². The Bertz CT molecular complexity index is 2360. The fourth-order valence-electron chi connectivity index (χ4n) is 7.53. The van der Waals surface area contributed by atoms with Crippen molar-refractivity contribution in [2.24, 2.45) is 0 Å². The Morgan fingerprint density at radius 1 is 0.891 bits per heavy atom. The van der Waals surface area contributed by atoms with Crippen LogP contribution in [0.2, 0.25) is 0 Å². The van der Waals surface area contributed by atoms with E-state index in [0.717, 1.165) is 27.5 Å². The molecule has 8 rings (SSSR count). The zero-order chi connectivity index (χ0) is 38.1. The van der Waals surface area contributed by atoms with Gasteiger partial charge in [0.2, 0.25) is 11.8 Å². The largest absolute Gasteiger partial charge is 0.508 e. The van der Waals surface area contributed by atoms with Crippen LogP contribution in [-0.2, 0) is 35.6 Å². The average Bonchev–Trinajstić information content (AvgIpc) is 3.66. The first kappa shape index (κ1) is 35.5. The van der Waals surface area contributed by atoms with E-state index in [1.807, 2.05) is 72.8 Å². The fourth-order valence-corrected chi connectivity index (χ4v) is 7.53. The number of benzene rings is 5. The molecule has 0 bridgehead atoms. The van der Waals surface area contributed by atoms with E-state index in [1.165, 1.54) is 11.1 Å². The van der Waals surface area contributed by atoms with Crippen LogP contribution in [-0.4, -0.2) is 73.2 Å². The van der Waals surface area contributed by atoms with Crippen molar-refractivity contribution in [1.29, 1.82) is 0 Å². The maximum atomic E-state index is 14.6. The van der Waals surface area contributed by atoms with Gasteiger partial charge in [0.25, 0.3) is 0 Å². The number of hydrazine groups is 1. The molecule has 4 amide bonds. The number of piperazine rings is 1. The second kappa shape index (κ2) is 15.1. The highest BCUT2D eigenvalue weighted by atomic mass is 19.1. The summed E-state index contributed by atoms with van der Waals surface area (Å²) in [6.45, 7) is 2.00. The molecule has 6 aromatic rings. The zero-order valence-corrected chi connectivity index (χ0v) is 30.1. The third kappa shape index (κ3) is 7.36. The van der Waals surface area contributed by atoms with E-state index in [2.05, 4.69) is 10.5 Å². The summed E-state index contributed by atoms with van der Waals surface area (Å²) in [5, 5.41) is 22.4. The number of phenols is 1. The van der Waals surface area contributed by atoms with Crippen LogP contribution < -0.4 is 5.32 Å². The van der Waals surface area contributed by atoms with E-state index in [4.69, 9.17) is 4.52 Å². The van der Waals surface area contributed by atoms with Crippen LogP contribution in [0.25, 0.3) is 22.0 Å². The van der Waals surface area contributed by atoms with Gasteiger partial charge in [-0.15, -0.1) is 0 Å². The molecule has 0 radical (unpaired) electrons. The Hall–Kier alpha value is -6.53. The molecule has 2 saturated heterocycles. The van der Waals surface area contributed by atoms with Crippen LogP contribution in [0.3, 0.4) is 0 Å². The maximum Gasteiger partial charge on any atom is 0.334 e. The highest BCUT2D eigenvalue weighted by Crippen LogP contribution is 2.32. The van der Waals surface area contributed by atoms with Gasteiger partial charge < -0.3 is 24.7 Å². The summed E-state index contributed by atoms with van der Waals surface area (Å²) in [7, 11) is 0. The van der Waals surface area contributed by atoms with E-state index >= 15 is 0 Å². The smallest absolute Gasteiger partial charge is 0.334 e. The molecule has 278 valence electrons. The minimum atomic E-state index is -0.934. The first-order valence-corrected chi connectivity index (χ1v) is 18.1. The molecule has 2 N–H and O–H groups in total. The molecule has 0 aliphatic carbocycles. The molecule has 2 aliphatic rings. The van der Waals surface area contributed by atoms with Gasteiger partial charge in [0.1, 0.15) is 29.5 Å². The predicted molar refractivity (Wildman–Crippen MR) is 203 cm³/mol. The number of amides is 4. The molecular weight excluding hydrogens is 700 g/mol. The lowest BCUT2D eigenvalue weighted by molar-refractivity contribution is -0.193. The molecule has 0 unspecified atom stereocenters. The molecule has 2 aliphatic heterocycles. The normalized spacial score (nSPS) is 17.5. The SMILES string of the molecule is Cc1cc(-c2cc(CN3CC(=O)N4[C@@H](Cc5ccc(O)cc5)C(=O)N(Cc5cccc6ccccc56)C[C@@H]4N3C(=O)NCc3ccccc3)on2)ccc1F. The van der Waals surface area contributed by atoms with Crippen molar-refractivity contribution < 1.29 is 28.4 Å². The number of nitrogens with zero attached hydrogens (tertiary/aromatic N) is 5. The number of hydrogen-bond acceptors (Lipinski definition) is 7. The molecule has 55 heavy (non-hydrogen) atoms. The lowest BCUT2D eigenvalue weighted by atomic mass is 9.97. The minimum Gasteiger partial charge on any atom is -0.508 e. The summed E-state index contributed by atoms with van der Waals surface area (Å²) in [5.41, 5.74) is 4.20. The lowest BCUT2D eigenvalue weighted by Crippen LogP contribution is -2.76. The summed E-state index contributed by atoms with van der Waals surface area (Å²) in [4.78, 5) is 46.7. The van der Waals surface area contributed by atoms with Crippen LogP contribution in [0.15, 0.2) is 126 Å². The first-order valence-electron chi connectivity index (χ1n) is 18.1. The fraction of sp³-hybridized carbons (Fsp3) is 0.209. The molecule has 0 saturated carbocycles. The molecule has 2 atom stereocenters. The predicted octanol–water partition coefficient (Wildman–Crippen LogP) is 6.40. The van der Waals surface area contributed by atoms with Crippen molar-refractivity contribution in [3.63, 3.8) is 0 Å². The van der Waals surface area contributed by atoms with Gasteiger partial charge in [-0.05, 0) is 70.3 Å². The standard InChI is InChI=1S/C43H39FN6O5/c1-28-20-32(16-19-37(28)44)38-22-35(55-46-38)25-48-27-41(52)49-39(21-29-14-17-34(51)18-15-29)42(53)47(24-33-12-7-11-31-10-5-6-13-36(31)33)26-40(49)50(48)43(54)45-23-30-8-3-2-4-9-30/h2-20,22,39-40,51H,21,23-27H2,1H3,(H,45,54)/t39-,40-/m0/s1. The summed E-state index contributed by atoms with van der Waals surface area (Å²) in [5.74, 6) is -0.416. The van der Waals surface area contributed by atoms with E-state index in [9.17, 15) is 23.9 Å². The average molecular weight is 739 g/mol. The van der Waals surface area contributed by atoms with Crippen molar-refractivity contribution in [2.75, 3.05) is 13.1 Å². The van der Waals surface area contributed by atoms with E-state index in [0.29, 0.717) is 22.6 Å². The Labute approximate surface area is 317 Å². The van der Waals surface area contributed by atoms with Gasteiger partial charge in [-0.3, -0.25) is 9.59 Å². The first-order chi connectivity index (χ1) is 26.7. The van der Waals surface area contributed by atoms with Crippen LogP contribution in [0, 0.1) is 12.7 Å². The number of urea groups is 1. The number of hydrogen-bond donors (Lipinski definition) is 2. The van der Waals surface area contributed by atoms with Gasteiger partial charge in [-0.2, -0.15) is 5.01 Å². The highest BCUT2D eigenvalue weighted by Gasteiger charge is 2.51. The molecule has 12 heteroatoms. The zero-order valence-electron chi connectivity index (χ0n) is 30.1. The number of aromatic hydroxyl groups is 1. The quantitative estimate of drug-likeness (QED) is 0.176. The van der Waals surface area contributed by atoms with Gasteiger partial charge in [-0.25, -0.2) is 14.2 Å². The minimum absolute atomic E-state index is 0.0158. The molecule has 11 nitrogen and oxygen atoms in total. The third-order valence-corrected chi connectivity index (χ3v) is 10.3. The molecule has 1 aromatic heterocycles. The number of halogens is 1. The number of phenolic OH excluding ortho intramolecular Hbond substituents is 1. The van der Waals surface area contributed by atoms with Crippen molar-refractivity contribution in [3.05, 3.63) is 155 Å². The second-order valence-electron chi connectivity index (χ2n) is 14.0. The Balaban J connectivity index is 1.16. The number of carbonyl (C=O) groups excluding carboxylic acids is 3.